The van der Waals surface area contributed by atoms with Gasteiger partial charge in [0.15, 0.2) is 0 Å². The summed E-state index contributed by atoms with van der Waals surface area (Å²) < 4.78 is 0. The fraction of sp³-hybridized carbons (Fsp3) is 0.636. The van der Waals surface area contributed by atoms with Crippen molar-refractivity contribution in [3.8, 4) is 0 Å². The molecule has 2 N–H and O–H groups in total. The molecule has 1 saturated carbocycles. The molecule has 1 fully saturated rings. The molecule has 0 saturated heterocycles. The van der Waals surface area contributed by atoms with Crippen molar-refractivity contribution in [3.05, 3.63) is 21.6 Å². The van der Waals surface area contributed by atoms with Crippen LogP contribution in [-0.4, -0.2) is 33.1 Å². The van der Waals surface area contributed by atoms with Gasteiger partial charge in [-0.05, 0) is 12.8 Å². The van der Waals surface area contributed by atoms with E-state index in [0.717, 1.165) is 25.7 Å². The second-order valence-corrected chi connectivity index (χ2v) is 5.20. The Hall–Kier alpha value is -1.47. The highest BCUT2D eigenvalue weighted by molar-refractivity contribution is 6.31. The second kappa shape index (κ2) is 5.66. The average molecular weight is 287 g/mol. The van der Waals surface area contributed by atoms with Crippen LogP contribution in [-0.2, 0) is 0 Å². The number of anilines is 1. The summed E-state index contributed by atoms with van der Waals surface area (Å²) in [6.45, 7) is 0.504. The summed E-state index contributed by atoms with van der Waals surface area (Å²) in [7, 11) is 0. The van der Waals surface area contributed by atoms with E-state index in [1.807, 2.05) is 0 Å². The van der Waals surface area contributed by atoms with E-state index in [9.17, 15) is 15.2 Å². The Morgan fingerprint density at radius 1 is 1.47 bits per heavy atom. The van der Waals surface area contributed by atoms with E-state index >= 15 is 0 Å². The van der Waals surface area contributed by atoms with Gasteiger partial charge in [-0.25, -0.2) is 9.97 Å². The predicted octanol–water partition coefficient (Wildman–Crippen LogP) is 2.00. The molecule has 1 aromatic heterocycles. The van der Waals surface area contributed by atoms with Crippen LogP contribution in [0.3, 0.4) is 0 Å². The first-order valence-electron chi connectivity index (χ1n) is 6.08. The number of halogens is 1. The molecular formula is C11H15ClN4O3. The first-order chi connectivity index (χ1) is 9.08. The lowest BCUT2D eigenvalue weighted by atomic mass is 9.87. The van der Waals surface area contributed by atoms with Crippen molar-refractivity contribution >= 4 is 23.1 Å². The number of nitrogens with zero attached hydrogens (tertiary/aromatic N) is 3. The standard InChI is InChI=1S/C11H15ClN4O3/c12-9-8(16(18)19)10(15-7-14-9)13-5-11(6-17)3-1-2-4-11/h7,17H,1-6H2,(H,13,14,15). The first kappa shape index (κ1) is 14.0. The van der Waals surface area contributed by atoms with E-state index in [2.05, 4.69) is 15.3 Å². The van der Waals surface area contributed by atoms with Gasteiger partial charge in [0.25, 0.3) is 0 Å². The third-order valence-corrected chi connectivity index (χ3v) is 3.87. The van der Waals surface area contributed by atoms with Gasteiger partial charge in [-0.2, -0.15) is 0 Å². The highest BCUT2D eigenvalue weighted by Crippen LogP contribution is 2.38. The zero-order valence-corrected chi connectivity index (χ0v) is 11.1. The van der Waals surface area contributed by atoms with Crippen molar-refractivity contribution in [3.63, 3.8) is 0 Å². The predicted molar refractivity (Wildman–Crippen MR) is 70.2 cm³/mol. The van der Waals surface area contributed by atoms with Crippen LogP contribution in [0.25, 0.3) is 0 Å². The van der Waals surface area contributed by atoms with Crippen molar-refractivity contribution in [2.24, 2.45) is 5.41 Å². The van der Waals surface area contributed by atoms with Gasteiger partial charge in [-0.1, -0.05) is 24.4 Å². The minimum absolute atomic E-state index is 0.0621. The van der Waals surface area contributed by atoms with Gasteiger partial charge >= 0.3 is 5.69 Å². The molecule has 0 bridgehead atoms. The van der Waals surface area contributed by atoms with Crippen LogP contribution in [0.5, 0.6) is 0 Å². The Kier molecular flexibility index (Phi) is 4.16. The minimum Gasteiger partial charge on any atom is -0.396 e. The molecule has 8 heteroatoms. The maximum atomic E-state index is 10.9. The van der Waals surface area contributed by atoms with Gasteiger partial charge in [-0.15, -0.1) is 0 Å². The molecular weight excluding hydrogens is 272 g/mol. The van der Waals surface area contributed by atoms with Gasteiger partial charge in [0.1, 0.15) is 6.33 Å². The Balaban J connectivity index is 2.15. The van der Waals surface area contributed by atoms with Crippen LogP contribution in [0.15, 0.2) is 6.33 Å². The van der Waals surface area contributed by atoms with Crippen molar-refractivity contribution in [2.75, 3.05) is 18.5 Å². The van der Waals surface area contributed by atoms with E-state index in [1.165, 1.54) is 6.33 Å². The van der Waals surface area contributed by atoms with Crippen LogP contribution in [0.1, 0.15) is 25.7 Å². The molecule has 0 unspecified atom stereocenters. The maximum absolute atomic E-state index is 10.9. The van der Waals surface area contributed by atoms with Crippen LogP contribution < -0.4 is 5.32 Å². The second-order valence-electron chi connectivity index (χ2n) is 4.84. The lowest BCUT2D eigenvalue weighted by Gasteiger charge is -2.26. The van der Waals surface area contributed by atoms with Gasteiger partial charge in [0.05, 0.1) is 11.5 Å². The highest BCUT2D eigenvalue weighted by atomic mass is 35.5. The van der Waals surface area contributed by atoms with Gasteiger partial charge in [0.2, 0.25) is 11.0 Å². The van der Waals surface area contributed by atoms with E-state index in [0.29, 0.717) is 6.54 Å². The van der Waals surface area contributed by atoms with Crippen molar-refractivity contribution < 1.29 is 10.0 Å². The number of aromatic nitrogens is 2. The smallest absolute Gasteiger partial charge is 0.348 e. The zero-order chi connectivity index (χ0) is 13.9. The molecule has 0 aromatic carbocycles. The summed E-state index contributed by atoms with van der Waals surface area (Å²) in [4.78, 5) is 17.8. The van der Waals surface area contributed by atoms with Crippen molar-refractivity contribution in [1.29, 1.82) is 0 Å². The number of rotatable bonds is 5. The summed E-state index contributed by atoms with van der Waals surface area (Å²) in [5.41, 5.74) is -0.541. The number of hydrogen-bond donors (Lipinski definition) is 2. The minimum atomic E-state index is -0.606. The third-order valence-electron chi connectivity index (χ3n) is 3.59. The summed E-state index contributed by atoms with van der Waals surface area (Å²) in [5, 5.41) is 23.2. The molecule has 0 atom stereocenters. The molecule has 0 amide bonds. The number of aliphatic hydroxyl groups is 1. The molecule has 1 aromatic rings. The molecule has 19 heavy (non-hydrogen) atoms. The summed E-state index contributed by atoms with van der Waals surface area (Å²) in [5.74, 6) is 0.102. The maximum Gasteiger partial charge on any atom is 0.348 e. The third kappa shape index (κ3) is 2.93. The molecule has 2 rings (SSSR count). The van der Waals surface area contributed by atoms with Crippen molar-refractivity contribution in [2.45, 2.75) is 25.7 Å². The average Bonchev–Trinajstić information content (AvgIpc) is 2.85. The van der Waals surface area contributed by atoms with Crippen LogP contribution in [0, 0.1) is 15.5 Å². The molecule has 1 heterocycles. The van der Waals surface area contributed by atoms with E-state index in [-0.39, 0.29) is 28.7 Å². The monoisotopic (exact) mass is 286 g/mol. The number of nitrogens with one attached hydrogen (secondary N) is 1. The Labute approximate surface area is 115 Å². The summed E-state index contributed by atoms with van der Waals surface area (Å²) in [6.07, 6.45) is 5.12. The molecule has 0 spiro atoms. The number of hydrogen-bond acceptors (Lipinski definition) is 6. The van der Waals surface area contributed by atoms with Crippen LogP contribution in [0.4, 0.5) is 11.5 Å². The Morgan fingerprint density at radius 3 is 2.74 bits per heavy atom. The highest BCUT2D eigenvalue weighted by Gasteiger charge is 2.34. The lowest BCUT2D eigenvalue weighted by Crippen LogP contribution is -2.31. The topological polar surface area (TPSA) is 101 Å². The molecule has 0 radical (unpaired) electrons. The van der Waals surface area contributed by atoms with E-state index < -0.39 is 4.92 Å². The molecule has 1 aliphatic carbocycles. The zero-order valence-electron chi connectivity index (χ0n) is 10.3. The fourth-order valence-corrected chi connectivity index (χ4v) is 2.64. The van der Waals surface area contributed by atoms with E-state index in [1.54, 1.807) is 0 Å². The van der Waals surface area contributed by atoms with Crippen LogP contribution >= 0.6 is 11.6 Å². The fourth-order valence-electron chi connectivity index (χ4n) is 2.44. The van der Waals surface area contributed by atoms with Crippen LogP contribution in [0.2, 0.25) is 5.15 Å². The number of nitro groups is 1. The first-order valence-corrected chi connectivity index (χ1v) is 6.45. The summed E-state index contributed by atoms with van der Waals surface area (Å²) >= 11 is 5.71. The summed E-state index contributed by atoms with van der Waals surface area (Å²) in [6, 6.07) is 0. The molecule has 104 valence electrons. The quantitative estimate of drug-likeness (QED) is 0.488. The Morgan fingerprint density at radius 2 is 2.16 bits per heavy atom. The molecule has 0 aliphatic heterocycles. The molecule has 7 nitrogen and oxygen atoms in total. The van der Waals surface area contributed by atoms with Gasteiger partial charge in [0, 0.05) is 12.0 Å². The number of aliphatic hydroxyl groups excluding tert-OH is 1. The Bertz CT molecular complexity index is 477. The largest absolute Gasteiger partial charge is 0.396 e. The SMILES string of the molecule is O=[N+]([O-])c1c(Cl)ncnc1NCC1(CO)CCCC1. The van der Waals surface area contributed by atoms with Gasteiger partial charge < -0.3 is 10.4 Å². The lowest BCUT2D eigenvalue weighted by molar-refractivity contribution is -0.384. The van der Waals surface area contributed by atoms with Crippen molar-refractivity contribution in [1.82, 2.24) is 9.97 Å². The normalized spacial score (nSPS) is 17.4. The van der Waals surface area contributed by atoms with Gasteiger partial charge in [-0.3, -0.25) is 10.1 Å². The molecule has 1 aliphatic rings. The van der Waals surface area contributed by atoms with E-state index in [4.69, 9.17) is 11.6 Å².